The number of benzene rings is 2. The summed E-state index contributed by atoms with van der Waals surface area (Å²) in [5.41, 5.74) is 2.55. The number of halogens is 1. The highest BCUT2D eigenvalue weighted by Gasteiger charge is 2.36. The van der Waals surface area contributed by atoms with Crippen LogP contribution in [-0.4, -0.2) is 36.8 Å². The van der Waals surface area contributed by atoms with Crippen LogP contribution in [0.5, 0.6) is 0 Å². The quantitative estimate of drug-likeness (QED) is 0.590. The summed E-state index contributed by atoms with van der Waals surface area (Å²) in [6.45, 7) is 3.90. The zero-order valence-electron chi connectivity index (χ0n) is 17.2. The minimum absolute atomic E-state index is 0.0248. The molecule has 1 aromatic heterocycles. The van der Waals surface area contributed by atoms with Crippen molar-refractivity contribution in [3.8, 4) is 0 Å². The van der Waals surface area contributed by atoms with E-state index in [0.29, 0.717) is 22.4 Å². The van der Waals surface area contributed by atoms with E-state index in [1.165, 1.54) is 11.0 Å². The maximum atomic E-state index is 13.5. The zero-order chi connectivity index (χ0) is 22.3. The van der Waals surface area contributed by atoms with E-state index in [4.69, 9.17) is 16.0 Å². The number of hydrogen-bond acceptors (Lipinski definition) is 5. The van der Waals surface area contributed by atoms with Crippen molar-refractivity contribution in [2.24, 2.45) is 0 Å². The van der Waals surface area contributed by atoms with Gasteiger partial charge in [0.25, 0.3) is 5.91 Å². The molecule has 0 aliphatic carbocycles. The number of hydrogen-bond donors (Lipinski definition) is 0. The highest BCUT2D eigenvalue weighted by molar-refractivity contribution is 7.91. The molecule has 0 spiro atoms. The lowest BCUT2D eigenvalue weighted by Crippen LogP contribution is -2.41. The summed E-state index contributed by atoms with van der Waals surface area (Å²) in [4.78, 5) is 27.6. The van der Waals surface area contributed by atoms with Crippen molar-refractivity contribution in [1.82, 2.24) is 4.90 Å². The van der Waals surface area contributed by atoms with E-state index >= 15 is 0 Å². The van der Waals surface area contributed by atoms with Crippen LogP contribution in [0.2, 0.25) is 5.02 Å². The van der Waals surface area contributed by atoms with Gasteiger partial charge in [0.15, 0.2) is 21.0 Å². The van der Waals surface area contributed by atoms with Crippen LogP contribution in [0, 0.1) is 13.8 Å². The number of aryl methyl sites for hydroxylation is 2. The van der Waals surface area contributed by atoms with Gasteiger partial charge in [0.1, 0.15) is 5.58 Å². The Labute approximate surface area is 185 Å². The molecule has 31 heavy (non-hydrogen) atoms. The first kappa shape index (κ1) is 21.6. The molecule has 6 nitrogen and oxygen atoms in total. The van der Waals surface area contributed by atoms with Crippen molar-refractivity contribution in [3.63, 3.8) is 0 Å². The third-order valence-corrected chi connectivity index (χ3v) is 7.76. The molecule has 1 aliphatic heterocycles. The number of sulfone groups is 1. The van der Waals surface area contributed by atoms with E-state index in [1.807, 2.05) is 26.0 Å². The van der Waals surface area contributed by atoms with Gasteiger partial charge in [-0.1, -0.05) is 29.8 Å². The Balaban J connectivity index is 1.78. The fourth-order valence-electron chi connectivity index (χ4n) is 3.92. The van der Waals surface area contributed by atoms with Gasteiger partial charge in [-0.25, -0.2) is 8.42 Å². The number of fused-ring (bicyclic) bond motifs is 1. The molecule has 2 heterocycles. The van der Waals surface area contributed by atoms with Crippen molar-refractivity contribution < 1.29 is 17.6 Å². The monoisotopic (exact) mass is 459 g/mol. The van der Waals surface area contributed by atoms with Crippen LogP contribution in [0.1, 0.15) is 33.7 Å². The van der Waals surface area contributed by atoms with Crippen LogP contribution < -0.4 is 5.43 Å². The van der Waals surface area contributed by atoms with Gasteiger partial charge in [-0.3, -0.25) is 9.59 Å². The fourth-order valence-corrected chi connectivity index (χ4v) is 5.86. The van der Waals surface area contributed by atoms with Gasteiger partial charge >= 0.3 is 0 Å². The Hall–Kier alpha value is -2.64. The maximum absolute atomic E-state index is 13.5. The number of rotatable bonds is 4. The molecule has 0 bridgehead atoms. The minimum atomic E-state index is -3.22. The lowest BCUT2D eigenvalue weighted by Gasteiger charge is -2.28. The molecule has 0 N–H and O–H groups in total. The smallest absolute Gasteiger partial charge is 0.290 e. The van der Waals surface area contributed by atoms with Gasteiger partial charge in [0.2, 0.25) is 0 Å². The zero-order valence-corrected chi connectivity index (χ0v) is 18.8. The number of carbonyl (C=O) groups excluding carboxylic acids is 1. The van der Waals surface area contributed by atoms with Gasteiger partial charge < -0.3 is 9.32 Å². The second kappa shape index (κ2) is 8.13. The van der Waals surface area contributed by atoms with Gasteiger partial charge in [0, 0.05) is 23.7 Å². The minimum Gasteiger partial charge on any atom is -0.450 e. The van der Waals surface area contributed by atoms with Crippen molar-refractivity contribution in [2.75, 3.05) is 11.5 Å². The second-order valence-corrected chi connectivity index (χ2v) is 10.6. The molecule has 1 saturated heterocycles. The summed E-state index contributed by atoms with van der Waals surface area (Å²) >= 11 is 6.09. The van der Waals surface area contributed by atoms with Crippen LogP contribution in [0.3, 0.4) is 0 Å². The van der Waals surface area contributed by atoms with E-state index in [1.54, 1.807) is 24.3 Å². The molecule has 4 rings (SSSR count). The molecule has 8 heteroatoms. The molecular formula is C23H22ClNO5S. The third-order valence-electron chi connectivity index (χ3n) is 5.78. The predicted molar refractivity (Wildman–Crippen MR) is 120 cm³/mol. The predicted octanol–water partition coefficient (Wildman–Crippen LogP) is 3.89. The molecular weight excluding hydrogens is 438 g/mol. The summed E-state index contributed by atoms with van der Waals surface area (Å²) in [6.07, 6.45) is 0.338. The summed E-state index contributed by atoms with van der Waals surface area (Å²) in [5.74, 6) is -0.703. The molecule has 0 radical (unpaired) electrons. The molecule has 1 amide bonds. The first-order chi connectivity index (χ1) is 14.6. The number of carbonyl (C=O) groups is 1. The van der Waals surface area contributed by atoms with Crippen molar-refractivity contribution in [1.29, 1.82) is 0 Å². The van der Waals surface area contributed by atoms with Crippen molar-refractivity contribution >= 4 is 38.3 Å². The summed E-state index contributed by atoms with van der Waals surface area (Å²) in [5, 5.41) is 0.928. The SMILES string of the molecule is Cc1ccc2c(=O)cc(C(=O)N(Cc3cccc(Cl)c3)[C@@H]3CCS(=O)(=O)C3)oc2c1C. The van der Waals surface area contributed by atoms with E-state index in [-0.39, 0.29) is 29.2 Å². The molecule has 2 aromatic carbocycles. The highest BCUT2D eigenvalue weighted by atomic mass is 35.5. The molecule has 162 valence electrons. The molecule has 0 saturated carbocycles. The van der Waals surface area contributed by atoms with Gasteiger partial charge in [-0.15, -0.1) is 0 Å². The van der Waals surface area contributed by atoms with E-state index in [2.05, 4.69) is 0 Å². The summed E-state index contributed by atoms with van der Waals surface area (Å²) in [7, 11) is -3.22. The lowest BCUT2D eigenvalue weighted by atomic mass is 10.1. The second-order valence-electron chi connectivity index (χ2n) is 7.98. The third kappa shape index (κ3) is 4.38. The van der Waals surface area contributed by atoms with E-state index < -0.39 is 21.8 Å². The van der Waals surface area contributed by atoms with Crippen LogP contribution >= 0.6 is 11.6 Å². The standard InChI is InChI=1S/C23H22ClNO5S/c1-14-6-7-19-20(26)11-21(30-22(19)15(14)2)23(27)25(18-8-9-31(28,29)13-18)12-16-4-3-5-17(24)10-16/h3-7,10-11,18H,8-9,12-13H2,1-2H3/t18-/m1/s1. The molecule has 3 aromatic rings. The molecule has 1 aliphatic rings. The topological polar surface area (TPSA) is 84.7 Å². The average molecular weight is 460 g/mol. The Bertz CT molecular complexity index is 1350. The van der Waals surface area contributed by atoms with Gasteiger partial charge in [-0.05, 0) is 55.2 Å². The fraction of sp³-hybridized carbons (Fsp3) is 0.304. The first-order valence-electron chi connectivity index (χ1n) is 9.94. The molecule has 1 fully saturated rings. The summed E-state index contributed by atoms with van der Waals surface area (Å²) < 4.78 is 30.1. The normalized spacial score (nSPS) is 17.7. The average Bonchev–Trinajstić information content (AvgIpc) is 3.08. The van der Waals surface area contributed by atoms with Crippen molar-refractivity contribution in [3.05, 3.63) is 80.2 Å². The lowest BCUT2D eigenvalue weighted by molar-refractivity contribution is 0.0648. The van der Waals surface area contributed by atoms with Gasteiger partial charge in [-0.2, -0.15) is 0 Å². The number of nitrogens with zero attached hydrogens (tertiary/aromatic N) is 1. The Morgan fingerprint density at radius 1 is 1.19 bits per heavy atom. The Kier molecular flexibility index (Phi) is 5.66. The molecule has 0 unspecified atom stereocenters. The van der Waals surface area contributed by atoms with Crippen molar-refractivity contribution in [2.45, 2.75) is 32.9 Å². The van der Waals surface area contributed by atoms with Crippen LogP contribution in [0.25, 0.3) is 11.0 Å². The largest absolute Gasteiger partial charge is 0.450 e. The Morgan fingerprint density at radius 2 is 1.97 bits per heavy atom. The first-order valence-corrected chi connectivity index (χ1v) is 12.1. The highest BCUT2D eigenvalue weighted by Crippen LogP contribution is 2.25. The van der Waals surface area contributed by atoms with E-state index in [9.17, 15) is 18.0 Å². The maximum Gasteiger partial charge on any atom is 0.290 e. The van der Waals surface area contributed by atoms with Crippen LogP contribution in [-0.2, 0) is 16.4 Å². The molecule has 1 atom stereocenters. The summed E-state index contributed by atoms with van der Waals surface area (Å²) in [6, 6.07) is 11.3. The van der Waals surface area contributed by atoms with Crippen LogP contribution in [0.4, 0.5) is 0 Å². The Morgan fingerprint density at radius 3 is 2.65 bits per heavy atom. The van der Waals surface area contributed by atoms with Crippen LogP contribution in [0.15, 0.2) is 51.7 Å². The number of amides is 1. The van der Waals surface area contributed by atoms with E-state index in [0.717, 1.165) is 16.7 Å². The van der Waals surface area contributed by atoms with Gasteiger partial charge in [0.05, 0.1) is 16.9 Å².